The molecule has 0 radical (unpaired) electrons. The molecule has 98 valence electrons. The average molecular weight is 335 g/mol. The molecular weight excluding hydrogens is 321 g/mol. The lowest BCUT2D eigenvalue weighted by molar-refractivity contribution is 0.0944. The van der Waals surface area contributed by atoms with E-state index < -0.39 is 5.82 Å². The third-order valence-corrected chi connectivity index (χ3v) is 4.07. The summed E-state index contributed by atoms with van der Waals surface area (Å²) < 4.78 is 13.0. The standard InChI is InChI=1S/C13H14BrClFNO/c14-6-5-13(3-4-13)8-17-12(18)9-1-2-11(16)10(15)7-9/h1-2,7H,3-6,8H2,(H,17,18). The second-order valence-electron chi connectivity index (χ2n) is 4.75. The van der Waals surface area contributed by atoms with Crippen LogP contribution < -0.4 is 5.32 Å². The van der Waals surface area contributed by atoms with E-state index in [2.05, 4.69) is 21.2 Å². The molecule has 1 amide bonds. The van der Waals surface area contributed by atoms with Crippen molar-refractivity contribution in [3.05, 3.63) is 34.6 Å². The highest BCUT2D eigenvalue weighted by Gasteiger charge is 2.41. The van der Waals surface area contributed by atoms with Crippen molar-refractivity contribution in [3.63, 3.8) is 0 Å². The first kappa shape index (κ1) is 13.8. The van der Waals surface area contributed by atoms with Gasteiger partial charge in [0.25, 0.3) is 5.91 Å². The third-order valence-electron chi connectivity index (χ3n) is 3.39. The minimum Gasteiger partial charge on any atom is -0.351 e. The lowest BCUT2D eigenvalue weighted by atomic mass is 10.0. The number of amides is 1. The summed E-state index contributed by atoms with van der Waals surface area (Å²) >= 11 is 9.07. The van der Waals surface area contributed by atoms with Crippen molar-refractivity contribution in [2.75, 3.05) is 11.9 Å². The third kappa shape index (κ3) is 3.23. The van der Waals surface area contributed by atoms with Crippen LogP contribution in [0, 0.1) is 11.2 Å². The monoisotopic (exact) mass is 333 g/mol. The van der Waals surface area contributed by atoms with Gasteiger partial charge in [-0.15, -0.1) is 0 Å². The average Bonchev–Trinajstić information content (AvgIpc) is 3.11. The van der Waals surface area contributed by atoms with Crippen molar-refractivity contribution in [1.82, 2.24) is 5.32 Å². The van der Waals surface area contributed by atoms with Crippen LogP contribution >= 0.6 is 27.5 Å². The highest BCUT2D eigenvalue weighted by molar-refractivity contribution is 9.09. The van der Waals surface area contributed by atoms with Crippen LogP contribution in [0.2, 0.25) is 5.02 Å². The van der Waals surface area contributed by atoms with Gasteiger partial charge in [0.1, 0.15) is 5.82 Å². The minimum atomic E-state index is -0.508. The quantitative estimate of drug-likeness (QED) is 0.816. The zero-order valence-corrected chi connectivity index (χ0v) is 12.2. The number of carbonyl (C=O) groups is 1. The van der Waals surface area contributed by atoms with E-state index in [1.54, 1.807) is 0 Å². The number of halogens is 3. The van der Waals surface area contributed by atoms with Crippen LogP contribution in [0.5, 0.6) is 0 Å². The predicted octanol–water partition coefficient (Wildman–Crippen LogP) is 3.77. The van der Waals surface area contributed by atoms with E-state index >= 15 is 0 Å². The Morgan fingerprint density at radius 1 is 1.50 bits per heavy atom. The summed E-state index contributed by atoms with van der Waals surface area (Å²) in [4.78, 5) is 11.9. The van der Waals surface area contributed by atoms with Gasteiger partial charge in [0.2, 0.25) is 0 Å². The van der Waals surface area contributed by atoms with Gasteiger partial charge in [-0.05, 0) is 42.9 Å². The van der Waals surface area contributed by atoms with Gasteiger partial charge in [-0.2, -0.15) is 0 Å². The molecule has 1 saturated carbocycles. The summed E-state index contributed by atoms with van der Waals surface area (Å²) in [6.07, 6.45) is 3.38. The van der Waals surface area contributed by atoms with Crippen molar-refractivity contribution < 1.29 is 9.18 Å². The van der Waals surface area contributed by atoms with E-state index in [1.807, 2.05) is 0 Å². The van der Waals surface area contributed by atoms with Crippen LogP contribution in [0.25, 0.3) is 0 Å². The van der Waals surface area contributed by atoms with E-state index in [0.717, 1.165) is 24.6 Å². The topological polar surface area (TPSA) is 29.1 Å². The SMILES string of the molecule is O=C(NCC1(CCBr)CC1)c1ccc(F)c(Cl)c1. The Morgan fingerprint density at radius 3 is 2.78 bits per heavy atom. The first-order chi connectivity index (χ1) is 8.56. The number of carbonyl (C=O) groups excluding carboxylic acids is 1. The molecule has 1 aromatic carbocycles. The van der Waals surface area contributed by atoms with Gasteiger partial charge < -0.3 is 5.32 Å². The van der Waals surface area contributed by atoms with Crippen LogP contribution in [-0.2, 0) is 0 Å². The Labute approximate surface area is 119 Å². The molecule has 0 aliphatic heterocycles. The van der Waals surface area contributed by atoms with Crippen LogP contribution in [0.1, 0.15) is 29.6 Å². The maximum atomic E-state index is 13.0. The zero-order chi connectivity index (χ0) is 13.2. The van der Waals surface area contributed by atoms with Crippen LogP contribution in [0.15, 0.2) is 18.2 Å². The minimum absolute atomic E-state index is 0.0238. The number of rotatable bonds is 5. The van der Waals surface area contributed by atoms with E-state index in [0.29, 0.717) is 12.1 Å². The Balaban J connectivity index is 1.93. The zero-order valence-electron chi connectivity index (χ0n) is 9.81. The van der Waals surface area contributed by atoms with Gasteiger partial charge in [0, 0.05) is 17.4 Å². The largest absolute Gasteiger partial charge is 0.351 e. The van der Waals surface area contributed by atoms with Gasteiger partial charge in [0.05, 0.1) is 5.02 Å². The maximum absolute atomic E-state index is 13.0. The molecule has 1 aliphatic rings. The molecule has 1 aliphatic carbocycles. The summed E-state index contributed by atoms with van der Waals surface area (Å²) in [6.45, 7) is 0.673. The van der Waals surface area contributed by atoms with Gasteiger partial charge in [-0.3, -0.25) is 4.79 Å². The van der Waals surface area contributed by atoms with E-state index in [1.165, 1.54) is 18.2 Å². The van der Waals surface area contributed by atoms with Gasteiger partial charge in [-0.25, -0.2) is 4.39 Å². The molecule has 0 heterocycles. The Morgan fingerprint density at radius 2 is 2.22 bits per heavy atom. The first-order valence-corrected chi connectivity index (χ1v) is 7.35. The molecular formula is C13H14BrClFNO. The molecule has 0 bridgehead atoms. The Hall–Kier alpha value is -0.610. The summed E-state index contributed by atoms with van der Waals surface area (Å²) in [5, 5.41) is 3.82. The summed E-state index contributed by atoms with van der Waals surface area (Å²) in [7, 11) is 0. The highest BCUT2D eigenvalue weighted by atomic mass is 79.9. The summed E-state index contributed by atoms with van der Waals surface area (Å²) in [5.41, 5.74) is 0.666. The highest BCUT2D eigenvalue weighted by Crippen LogP contribution is 2.48. The molecule has 0 atom stereocenters. The fraction of sp³-hybridized carbons (Fsp3) is 0.462. The lowest BCUT2D eigenvalue weighted by Gasteiger charge is -2.14. The van der Waals surface area contributed by atoms with Crippen LogP contribution in [-0.4, -0.2) is 17.8 Å². The number of hydrogen-bond acceptors (Lipinski definition) is 1. The number of nitrogens with one attached hydrogen (secondary N) is 1. The Bertz CT molecular complexity index is 462. The molecule has 1 aromatic rings. The maximum Gasteiger partial charge on any atom is 0.251 e. The van der Waals surface area contributed by atoms with Crippen molar-refractivity contribution in [2.24, 2.45) is 5.41 Å². The fourth-order valence-corrected chi connectivity index (χ4v) is 2.92. The molecule has 0 saturated heterocycles. The molecule has 1 fully saturated rings. The van der Waals surface area contributed by atoms with Gasteiger partial charge >= 0.3 is 0 Å². The van der Waals surface area contributed by atoms with E-state index in [4.69, 9.17) is 11.6 Å². The van der Waals surface area contributed by atoms with Crippen molar-refractivity contribution >= 4 is 33.4 Å². The van der Waals surface area contributed by atoms with Gasteiger partial charge in [0.15, 0.2) is 0 Å². The van der Waals surface area contributed by atoms with Crippen LogP contribution in [0.3, 0.4) is 0 Å². The Kier molecular flexibility index (Phi) is 4.28. The molecule has 0 unspecified atom stereocenters. The molecule has 0 spiro atoms. The molecule has 1 N–H and O–H groups in total. The van der Waals surface area contributed by atoms with Gasteiger partial charge in [-0.1, -0.05) is 27.5 Å². The van der Waals surface area contributed by atoms with E-state index in [-0.39, 0.29) is 16.3 Å². The molecule has 2 nitrogen and oxygen atoms in total. The first-order valence-electron chi connectivity index (χ1n) is 5.86. The number of alkyl halides is 1. The molecule has 2 rings (SSSR count). The number of benzene rings is 1. The number of hydrogen-bond donors (Lipinski definition) is 1. The summed E-state index contributed by atoms with van der Waals surface area (Å²) in [6, 6.07) is 4.01. The van der Waals surface area contributed by atoms with Crippen molar-refractivity contribution in [1.29, 1.82) is 0 Å². The smallest absolute Gasteiger partial charge is 0.251 e. The lowest BCUT2D eigenvalue weighted by Crippen LogP contribution is -2.30. The van der Waals surface area contributed by atoms with Crippen molar-refractivity contribution in [2.45, 2.75) is 19.3 Å². The normalized spacial score (nSPS) is 16.4. The second kappa shape index (κ2) is 5.57. The summed E-state index contributed by atoms with van der Waals surface area (Å²) in [5.74, 6) is -0.705. The second-order valence-corrected chi connectivity index (χ2v) is 5.95. The molecule has 0 aromatic heterocycles. The molecule has 18 heavy (non-hydrogen) atoms. The van der Waals surface area contributed by atoms with Crippen LogP contribution in [0.4, 0.5) is 4.39 Å². The predicted molar refractivity (Wildman–Crippen MR) is 73.8 cm³/mol. The molecule has 5 heteroatoms. The fourth-order valence-electron chi connectivity index (χ4n) is 1.90. The van der Waals surface area contributed by atoms with Crippen molar-refractivity contribution in [3.8, 4) is 0 Å². The van der Waals surface area contributed by atoms with E-state index in [9.17, 15) is 9.18 Å².